The van der Waals surface area contributed by atoms with Gasteiger partial charge >= 0.3 is 7.32 Å². The van der Waals surface area contributed by atoms with E-state index < -0.39 is 7.32 Å². The van der Waals surface area contributed by atoms with Crippen LogP contribution < -0.4 is 0 Å². The van der Waals surface area contributed by atoms with Gasteiger partial charge in [0.1, 0.15) is 0 Å². The lowest BCUT2D eigenvalue weighted by atomic mass is 10.2. The van der Waals surface area contributed by atoms with E-state index in [0.29, 0.717) is 0 Å². The predicted octanol–water partition coefficient (Wildman–Crippen LogP) is 5.01. The molecule has 0 saturated heterocycles. The second-order valence-corrected chi connectivity index (χ2v) is 7.45. The lowest BCUT2D eigenvalue weighted by Crippen LogP contribution is -2.36. The molecule has 126 valence electrons. The molecule has 21 heavy (non-hydrogen) atoms. The molecule has 0 aromatic heterocycles. The highest BCUT2D eigenvalue weighted by atomic mass is 32.2. The van der Waals surface area contributed by atoms with Gasteiger partial charge in [-0.05, 0) is 25.0 Å². The van der Waals surface area contributed by atoms with Gasteiger partial charge in [-0.3, -0.25) is 0 Å². The van der Waals surface area contributed by atoms with Crippen LogP contribution in [0.3, 0.4) is 0 Å². The topological polar surface area (TPSA) is 27.7 Å². The second kappa shape index (κ2) is 14.6. The van der Waals surface area contributed by atoms with Gasteiger partial charge < -0.3 is 14.0 Å². The van der Waals surface area contributed by atoms with E-state index in [1.165, 1.54) is 0 Å². The molecule has 3 atom stereocenters. The summed E-state index contributed by atoms with van der Waals surface area (Å²) in [5.74, 6) is 1.01. The molecule has 0 aliphatic carbocycles. The Bertz CT molecular complexity index is 218. The van der Waals surface area contributed by atoms with Gasteiger partial charge in [0.25, 0.3) is 0 Å². The Morgan fingerprint density at radius 1 is 0.810 bits per heavy atom. The van der Waals surface area contributed by atoms with Gasteiger partial charge in [0, 0.05) is 0 Å². The molecule has 0 bridgehead atoms. The Morgan fingerprint density at radius 2 is 1.29 bits per heavy atom. The largest absolute Gasteiger partial charge is 0.641 e. The average Bonchev–Trinajstić information content (AvgIpc) is 2.39. The number of rotatable bonds is 14. The van der Waals surface area contributed by atoms with Crippen LogP contribution in [0.5, 0.6) is 0 Å². The zero-order valence-corrected chi connectivity index (χ0v) is 16.4. The van der Waals surface area contributed by atoms with Crippen molar-refractivity contribution < 1.29 is 14.0 Å². The lowest BCUT2D eigenvalue weighted by Gasteiger charge is -2.25. The van der Waals surface area contributed by atoms with Crippen molar-refractivity contribution in [2.45, 2.75) is 82.5 Å². The smallest absolute Gasteiger partial charge is 0.374 e. The van der Waals surface area contributed by atoms with Crippen LogP contribution in [0, 0.1) is 0 Å². The summed E-state index contributed by atoms with van der Waals surface area (Å²) in [4.78, 5) is 0. The quantitative estimate of drug-likeness (QED) is 0.260. The molecule has 3 nitrogen and oxygen atoms in total. The molecule has 0 radical (unpaired) electrons. The van der Waals surface area contributed by atoms with Crippen molar-refractivity contribution in [1.82, 2.24) is 0 Å². The monoisotopic (exact) mass is 354 g/mol. The molecular weight excluding hydrogens is 323 g/mol. The molecule has 0 fully saturated rings. The van der Waals surface area contributed by atoms with E-state index in [9.17, 15) is 0 Å². The maximum absolute atomic E-state index is 5.99. The van der Waals surface area contributed by atoms with Gasteiger partial charge in [0.05, 0.1) is 16.3 Å². The van der Waals surface area contributed by atoms with Crippen molar-refractivity contribution in [3.05, 3.63) is 0 Å². The highest BCUT2D eigenvalue weighted by molar-refractivity contribution is 7.99. The van der Waals surface area contributed by atoms with Gasteiger partial charge in [0.15, 0.2) is 0 Å². The van der Waals surface area contributed by atoms with Crippen LogP contribution in [-0.4, -0.2) is 29.4 Å². The van der Waals surface area contributed by atoms with Crippen molar-refractivity contribution in [3.63, 3.8) is 0 Å². The summed E-state index contributed by atoms with van der Waals surface area (Å²) in [6.45, 7) is 8.49. The van der Waals surface area contributed by atoms with Gasteiger partial charge in [-0.25, -0.2) is 0 Å². The summed E-state index contributed by atoms with van der Waals surface area (Å²) < 4.78 is 17.6. The maximum Gasteiger partial charge on any atom is 0.641 e. The average molecular weight is 354 g/mol. The third-order valence-electron chi connectivity index (χ3n) is 2.75. The second-order valence-electron chi connectivity index (χ2n) is 4.86. The first kappa shape index (κ1) is 22.0. The number of hydrogen-bond donors (Lipinski definition) is 2. The molecule has 0 spiro atoms. The van der Waals surface area contributed by atoms with E-state index in [0.717, 1.165) is 44.3 Å². The molecule has 0 aliphatic rings. The summed E-state index contributed by atoms with van der Waals surface area (Å²) in [6.07, 6.45) is 5.83. The maximum atomic E-state index is 5.99. The van der Waals surface area contributed by atoms with Gasteiger partial charge in [-0.1, -0.05) is 47.0 Å². The number of hydrogen-bond acceptors (Lipinski definition) is 6. The van der Waals surface area contributed by atoms with Crippen LogP contribution >= 0.6 is 37.0 Å². The highest BCUT2D eigenvalue weighted by Crippen LogP contribution is 2.22. The summed E-state index contributed by atoms with van der Waals surface area (Å²) in [7, 11) is -0.691. The summed E-state index contributed by atoms with van der Waals surface area (Å²) in [5, 5.41) is 0. The molecule has 7 heteroatoms. The van der Waals surface area contributed by atoms with E-state index in [4.69, 9.17) is 14.0 Å². The van der Waals surface area contributed by atoms with Crippen LogP contribution in [0.4, 0.5) is 0 Å². The highest BCUT2D eigenvalue weighted by Gasteiger charge is 2.30. The Balaban J connectivity index is 4.51. The minimum absolute atomic E-state index is 0.0920. The number of thioether (sulfide) groups is 1. The first-order valence-corrected chi connectivity index (χ1v) is 10.1. The minimum atomic E-state index is -0.691. The van der Waals surface area contributed by atoms with Crippen LogP contribution in [0.1, 0.15) is 66.2 Å². The van der Waals surface area contributed by atoms with Crippen molar-refractivity contribution in [2.75, 3.05) is 5.75 Å². The molecule has 0 saturated carbocycles. The molecule has 0 aromatic rings. The van der Waals surface area contributed by atoms with Gasteiger partial charge in [-0.2, -0.15) is 0 Å². The Morgan fingerprint density at radius 3 is 1.67 bits per heavy atom. The van der Waals surface area contributed by atoms with Gasteiger partial charge in [0.2, 0.25) is 0 Å². The van der Waals surface area contributed by atoms with Crippen LogP contribution in [0.25, 0.3) is 0 Å². The SMILES string of the molecule is CCCC(S)OB(OC(S)CCC)OC(CCC)SCC. The Kier molecular flexibility index (Phi) is 15.3. The molecule has 0 aliphatic heterocycles. The van der Waals surface area contributed by atoms with Crippen molar-refractivity contribution >= 4 is 44.3 Å². The van der Waals surface area contributed by atoms with E-state index in [1.54, 1.807) is 11.8 Å². The van der Waals surface area contributed by atoms with E-state index in [-0.39, 0.29) is 16.3 Å². The van der Waals surface area contributed by atoms with Crippen LogP contribution in [-0.2, 0) is 14.0 Å². The van der Waals surface area contributed by atoms with Crippen LogP contribution in [0.2, 0.25) is 0 Å². The fourth-order valence-corrected chi connectivity index (χ4v) is 3.38. The van der Waals surface area contributed by atoms with Crippen LogP contribution in [0.15, 0.2) is 0 Å². The predicted molar refractivity (Wildman–Crippen MR) is 101 cm³/mol. The summed E-state index contributed by atoms with van der Waals surface area (Å²) in [6, 6.07) is 0. The summed E-state index contributed by atoms with van der Waals surface area (Å²) in [5.41, 5.74) is -0.249. The molecule has 3 unspecified atom stereocenters. The zero-order chi connectivity index (χ0) is 16.1. The molecule has 0 amide bonds. The lowest BCUT2D eigenvalue weighted by molar-refractivity contribution is 0.0641. The van der Waals surface area contributed by atoms with E-state index in [2.05, 4.69) is 53.0 Å². The third-order valence-corrected chi connectivity index (χ3v) is 4.56. The zero-order valence-electron chi connectivity index (χ0n) is 13.8. The van der Waals surface area contributed by atoms with Crippen molar-refractivity contribution in [2.24, 2.45) is 0 Å². The fraction of sp³-hybridized carbons (Fsp3) is 1.00. The Labute approximate surface area is 146 Å². The molecule has 0 aromatic carbocycles. The van der Waals surface area contributed by atoms with E-state index in [1.807, 2.05) is 0 Å². The van der Waals surface area contributed by atoms with Crippen molar-refractivity contribution in [1.29, 1.82) is 0 Å². The first-order chi connectivity index (χ1) is 10.1. The standard InChI is InChI=1S/C14H31BO3S3/c1-5-9-12(19)16-15(17-13(20)10-6-2)18-14(11-7-3)21-8-4/h12-14,19-20H,5-11H2,1-4H3. The molecular formula is C14H31BO3S3. The molecule has 0 N–H and O–H groups in total. The minimum Gasteiger partial charge on any atom is -0.374 e. The first-order valence-electron chi connectivity index (χ1n) is 8.01. The van der Waals surface area contributed by atoms with E-state index >= 15 is 0 Å². The normalized spacial score (nSPS) is 15.7. The molecule has 0 heterocycles. The summed E-state index contributed by atoms with van der Waals surface area (Å²) >= 11 is 10.7. The molecule has 0 rings (SSSR count). The van der Waals surface area contributed by atoms with Gasteiger partial charge in [-0.15, -0.1) is 37.0 Å². The number of thiol groups is 2. The Hall–Kier alpha value is 0.995. The third kappa shape index (κ3) is 12.1. The fourth-order valence-electron chi connectivity index (χ4n) is 1.72. The van der Waals surface area contributed by atoms with Crippen molar-refractivity contribution in [3.8, 4) is 0 Å².